The van der Waals surface area contributed by atoms with Gasteiger partial charge in [0, 0.05) is 6.92 Å². The predicted molar refractivity (Wildman–Crippen MR) is 145 cm³/mol. The van der Waals surface area contributed by atoms with Crippen LogP contribution in [-0.2, 0) is 14.3 Å². The normalized spacial score (nSPS) is 50.1. The molecule has 5 saturated carbocycles. The highest BCUT2D eigenvalue weighted by molar-refractivity contribution is 5.66. The molecule has 5 nitrogen and oxygen atoms in total. The maximum Gasteiger partial charge on any atom is 0.303 e. The van der Waals surface area contributed by atoms with Crippen LogP contribution in [0.25, 0.3) is 0 Å². The van der Waals surface area contributed by atoms with Gasteiger partial charge in [-0.15, -0.1) is 0 Å². The van der Waals surface area contributed by atoms with Gasteiger partial charge in [0.05, 0.1) is 23.9 Å². The Morgan fingerprint density at radius 1 is 0.946 bits per heavy atom. The van der Waals surface area contributed by atoms with Gasteiger partial charge >= 0.3 is 5.97 Å². The summed E-state index contributed by atoms with van der Waals surface area (Å²) in [6, 6.07) is 0. The maximum atomic E-state index is 11.8. The summed E-state index contributed by atoms with van der Waals surface area (Å²) < 4.78 is 12.4. The summed E-state index contributed by atoms with van der Waals surface area (Å²) in [4.78, 5) is 11.8. The van der Waals surface area contributed by atoms with E-state index in [1.807, 2.05) is 13.8 Å². The first-order valence-corrected chi connectivity index (χ1v) is 15.5. The molecular weight excluding hydrogens is 464 g/mol. The van der Waals surface area contributed by atoms with E-state index >= 15 is 0 Å². The minimum Gasteiger partial charge on any atom is -0.457 e. The molecule has 0 aromatic carbocycles. The average Bonchev–Trinajstić information content (AvgIpc) is 3.41. The highest BCUT2D eigenvalue weighted by atomic mass is 16.6. The van der Waals surface area contributed by atoms with E-state index in [0.29, 0.717) is 34.0 Å². The number of fused-ring (bicyclic) bond motifs is 4. The molecule has 212 valence electrons. The fourth-order valence-electron chi connectivity index (χ4n) is 11.3. The summed E-state index contributed by atoms with van der Waals surface area (Å²) in [5, 5.41) is 21.6. The van der Waals surface area contributed by atoms with Gasteiger partial charge in [-0.1, -0.05) is 34.6 Å². The van der Waals surface area contributed by atoms with Crippen molar-refractivity contribution in [1.29, 1.82) is 0 Å². The fraction of sp³-hybridized carbons (Fsp3) is 0.969. The number of hydrogen-bond acceptors (Lipinski definition) is 5. The molecule has 0 aromatic heterocycles. The summed E-state index contributed by atoms with van der Waals surface area (Å²) in [6.07, 6.45) is 11.1. The second-order valence-electron chi connectivity index (χ2n) is 15.0. The highest BCUT2D eigenvalue weighted by Crippen LogP contribution is 2.87. The molecule has 2 spiro atoms. The Balaban J connectivity index is 0.00000137. The van der Waals surface area contributed by atoms with Gasteiger partial charge in [-0.3, -0.25) is 4.79 Å². The van der Waals surface area contributed by atoms with Crippen molar-refractivity contribution in [1.82, 2.24) is 0 Å². The van der Waals surface area contributed by atoms with Crippen LogP contribution in [0, 0.1) is 45.3 Å². The van der Waals surface area contributed by atoms with Crippen LogP contribution >= 0.6 is 0 Å². The average molecular weight is 519 g/mol. The van der Waals surface area contributed by atoms with Crippen LogP contribution in [-0.4, -0.2) is 46.2 Å². The second-order valence-corrected chi connectivity index (χ2v) is 15.0. The van der Waals surface area contributed by atoms with E-state index in [1.165, 1.54) is 45.4 Å². The number of aliphatic hydroxyl groups excluding tert-OH is 1. The number of hydrogen-bond donors (Lipinski definition) is 2. The molecule has 1 heterocycles. The lowest BCUT2D eigenvalue weighted by molar-refractivity contribution is -0.200. The Kier molecular flexibility index (Phi) is 6.73. The number of aliphatic hydroxyl groups is 2. The largest absolute Gasteiger partial charge is 0.457 e. The monoisotopic (exact) mass is 518 g/mol. The van der Waals surface area contributed by atoms with Crippen LogP contribution in [0.15, 0.2) is 0 Å². The van der Waals surface area contributed by atoms with Crippen molar-refractivity contribution in [3.05, 3.63) is 0 Å². The number of carbonyl (C=O) groups excluding carboxylic acids is 1. The second kappa shape index (κ2) is 8.93. The molecule has 37 heavy (non-hydrogen) atoms. The van der Waals surface area contributed by atoms with Gasteiger partial charge in [0.1, 0.15) is 0 Å². The molecule has 0 aromatic rings. The van der Waals surface area contributed by atoms with Crippen molar-refractivity contribution in [3.8, 4) is 0 Å². The predicted octanol–water partition coefficient (Wildman–Crippen LogP) is 6.28. The van der Waals surface area contributed by atoms with Crippen LogP contribution in [0.3, 0.4) is 0 Å². The van der Waals surface area contributed by atoms with Crippen molar-refractivity contribution in [2.24, 2.45) is 45.3 Å². The van der Waals surface area contributed by atoms with E-state index in [-0.39, 0.29) is 29.7 Å². The third-order valence-corrected chi connectivity index (χ3v) is 12.9. The lowest BCUT2D eigenvalue weighted by atomic mass is 9.46. The van der Waals surface area contributed by atoms with E-state index in [1.54, 1.807) is 13.8 Å². The molecule has 6 fully saturated rings. The van der Waals surface area contributed by atoms with Crippen LogP contribution < -0.4 is 0 Å². The Hall–Kier alpha value is -0.650. The van der Waals surface area contributed by atoms with Crippen LogP contribution in [0.1, 0.15) is 120 Å². The molecule has 0 bridgehead atoms. The molecule has 11 atom stereocenters. The van der Waals surface area contributed by atoms with Gasteiger partial charge in [-0.2, -0.15) is 0 Å². The molecule has 6 aliphatic rings. The van der Waals surface area contributed by atoms with Crippen molar-refractivity contribution in [3.63, 3.8) is 0 Å². The van der Waals surface area contributed by atoms with Gasteiger partial charge in [-0.25, -0.2) is 0 Å². The number of carbonyl (C=O) groups is 1. The molecule has 6 rings (SSSR count). The Labute approximate surface area is 225 Å². The standard InChI is InChI=1S/C30H48O5.C2H6/c1-17(31)34-25(27(4,5)33)21-9-7-19-22(35-21)15-20-18-8-10-23-26(2,3)24(32)11-12-30(23)16-29(18,30)14-13-28(19,20)6;1-2/h18-25,32-33H,7-16H2,1-6H3;1-2H3/t18?,19?,20?,21-,22-,23?,24+,25+,28-,29?,30?;/m1./s1. The molecule has 1 aliphatic heterocycles. The van der Waals surface area contributed by atoms with E-state index in [0.717, 1.165) is 31.6 Å². The van der Waals surface area contributed by atoms with Crippen LogP contribution in [0.4, 0.5) is 0 Å². The molecule has 1 saturated heterocycles. The first kappa shape index (κ1) is 27.9. The lowest BCUT2D eigenvalue weighted by Gasteiger charge is -2.59. The summed E-state index contributed by atoms with van der Waals surface area (Å²) in [5.41, 5.74) is 0.212. The number of ether oxygens (including phenoxy) is 2. The van der Waals surface area contributed by atoms with Gasteiger partial charge in [0.25, 0.3) is 0 Å². The van der Waals surface area contributed by atoms with Gasteiger partial charge in [-0.05, 0) is 123 Å². The smallest absolute Gasteiger partial charge is 0.303 e. The first-order valence-electron chi connectivity index (χ1n) is 15.5. The van der Waals surface area contributed by atoms with Crippen molar-refractivity contribution >= 4 is 5.97 Å². The Morgan fingerprint density at radius 3 is 2.27 bits per heavy atom. The zero-order chi connectivity index (χ0) is 27.2. The molecule has 5 aliphatic carbocycles. The minimum absolute atomic E-state index is 0.0380. The molecular formula is C32H54O5. The Bertz CT molecular complexity index is 892. The third-order valence-electron chi connectivity index (χ3n) is 12.9. The summed E-state index contributed by atoms with van der Waals surface area (Å²) in [5.74, 6) is 2.37. The number of rotatable bonds is 3. The van der Waals surface area contributed by atoms with Gasteiger partial charge < -0.3 is 19.7 Å². The van der Waals surface area contributed by atoms with E-state index in [4.69, 9.17) is 9.47 Å². The quantitative estimate of drug-likeness (QED) is 0.430. The van der Waals surface area contributed by atoms with E-state index < -0.39 is 11.7 Å². The summed E-state index contributed by atoms with van der Waals surface area (Å²) >= 11 is 0. The lowest BCUT2D eigenvalue weighted by Crippen LogP contribution is -2.54. The topological polar surface area (TPSA) is 76.0 Å². The van der Waals surface area contributed by atoms with Crippen molar-refractivity contribution in [2.75, 3.05) is 0 Å². The van der Waals surface area contributed by atoms with Crippen LogP contribution in [0.5, 0.6) is 0 Å². The third kappa shape index (κ3) is 3.83. The SMILES string of the molecule is CC.CC(=O)O[C@@H]([C@H]1CCC2[C@@H](CC3C4CCC5C(C)(C)[C@@H](O)CCC56CC46CC[C@@]32C)O1)C(C)(C)O. The van der Waals surface area contributed by atoms with E-state index in [9.17, 15) is 15.0 Å². The fourth-order valence-corrected chi connectivity index (χ4v) is 11.3. The molecule has 0 radical (unpaired) electrons. The number of esters is 1. The molecule has 2 N–H and O–H groups in total. The van der Waals surface area contributed by atoms with Gasteiger partial charge in [0.2, 0.25) is 0 Å². The zero-order valence-electron chi connectivity index (χ0n) is 24.8. The summed E-state index contributed by atoms with van der Waals surface area (Å²) in [6.45, 7) is 16.1. The highest BCUT2D eigenvalue weighted by Gasteiger charge is 2.80. The van der Waals surface area contributed by atoms with Crippen molar-refractivity contribution < 1.29 is 24.5 Å². The molecule has 0 amide bonds. The summed E-state index contributed by atoms with van der Waals surface area (Å²) in [7, 11) is 0. The zero-order valence-corrected chi connectivity index (χ0v) is 24.8. The minimum atomic E-state index is -1.13. The van der Waals surface area contributed by atoms with Gasteiger partial charge in [0.15, 0.2) is 6.10 Å². The van der Waals surface area contributed by atoms with Crippen molar-refractivity contribution in [2.45, 2.75) is 150 Å². The first-order chi connectivity index (χ1) is 17.3. The molecule has 5 heteroatoms. The van der Waals surface area contributed by atoms with Crippen LogP contribution in [0.2, 0.25) is 0 Å². The van der Waals surface area contributed by atoms with E-state index in [2.05, 4.69) is 20.8 Å². The Morgan fingerprint density at radius 2 is 1.62 bits per heavy atom. The maximum absolute atomic E-state index is 11.8. The molecule has 6 unspecified atom stereocenters.